The second-order valence-corrected chi connectivity index (χ2v) is 3.53. The number of nitrogens with zero attached hydrogens (tertiary/aromatic N) is 1. The second kappa shape index (κ2) is 2.51. The van der Waals surface area contributed by atoms with E-state index in [0.717, 1.165) is 0 Å². The van der Waals surface area contributed by atoms with E-state index in [-0.39, 0.29) is 0 Å². The molecule has 1 heterocycles. The Bertz CT molecular complexity index is 171. The monoisotopic (exact) mass is 146 g/mol. The topological polar surface area (TPSA) is 3.88 Å². The van der Waals surface area contributed by atoms with Gasteiger partial charge in [-0.2, -0.15) is 4.57 Å². The molecule has 0 aliphatic rings. The summed E-state index contributed by atoms with van der Waals surface area (Å²) in [5, 5.41) is 0. The van der Waals surface area contributed by atoms with Crippen molar-refractivity contribution in [2.75, 3.05) is 6.26 Å². The summed E-state index contributed by atoms with van der Waals surface area (Å²) in [5.41, 5.74) is 2.09. The molecule has 1 nitrogen and oxygen atoms in total. The summed E-state index contributed by atoms with van der Waals surface area (Å²) in [7, 11) is 2.04. The van der Waals surface area contributed by atoms with Crippen LogP contribution in [0.25, 0.3) is 0 Å². The first-order valence-corrected chi connectivity index (χ1v) is 4.41. The van der Waals surface area contributed by atoms with Crippen molar-refractivity contribution < 1.29 is 4.57 Å². The molecule has 0 aromatic carbocycles. The van der Waals surface area contributed by atoms with Gasteiger partial charge in [-0.3, -0.25) is 0 Å². The Hall–Kier alpha value is -0.0200. The van der Waals surface area contributed by atoms with Crippen LogP contribution in [0.3, 0.4) is 0 Å². The molecule has 0 spiro atoms. The highest BCUT2D eigenvalue weighted by molar-refractivity contribution is 8.00. The molecule has 0 aliphatic heterocycles. The van der Waals surface area contributed by atoms with E-state index in [1.165, 1.54) is 4.21 Å². The van der Waals surface area contributed by atoms with Gasteiger partial charge >= 0.3 is 0 Å². The van der Waals surface area contributed by atoms with E-state index < -0.39 is 0 Å². The van der Waals surface area contributed by atoms with Gasteiger partial charge in [0.2, 0.25) is 5.51 Å². The van der Waals surface area contributed by atoms with Crippen LogP contribution in [0.15, 0.2) is 15.9 Å². The highest BCUT2D eigenvalue weighted by atomic mass is 32.2. The lowest BCUT2D eigenvalue weighted by Crippen LogP contribution is -2.22. The quantitative estimate of drug-likeness (QED) is 0.426. The number of aryl methyl sites for hydroxylation is 1. The third-order valence-corrected chi connectivity index (χ3v) is 2.92. The average Bonchev–Trinajstić information content (AvgIpc) is 2.14. The van der Waals surface area contributed by atoms with E-state index in [1.807, 2.05) is 7.05 Å². The van der Waals surface area contributed by atoms with Crippen molar-refractivity contribution >= 4 is 23.1 Å². The highest BCUT2D eigenvalue weighted by Crippen LogP contribution is 2.16. The van der Waals surface area contributed by atoms with Crippen LogP contribution in [0.4, 0.5) is 0 Å². The fourth-order valence-electron chi connectivity index (χ4n) is 0.463. The van der Waals surface area contributed by atoms with Crippen molar-refractivity contribution in [2.45, 2.75) is 4.21 Å². The number of hydrogen-bond donors (Lipinski definition) is 0. The van der Waals surface area contributed by atoms with E-state index in [9.17, 15) is 0 Å². The van der Waals surface area contributed by atoms with Crippen molar-refractivity contribution in [3.8, 4) is 0 Å². The predicted molar refractivity (Wildman–Crippen MR) is 37.3 cm³/mol. The lowest BCUT2D eigenvalue weighted by molar-refractivity contribution is -0.667. The molecule has 0 N–H and O–H groups in total. The van der Waals surface area contributed by atoms with E-state index in [4.69, 9.17) is 0 Å². The van der Waals surface area contributed by atoms with Crippen LogP contribution in [0, 0.1) is 0 Å². The summed E-state index contributed by atoms with van der Waals surface area (Å²) in [6.45, 7) is 0. The van der Waals surface area contributed by atoms with Gasteiger partial charge in [-0.1, -0.05) is 11.3 Å². The average molecular weight is 146 g/mol. The SMILES string of the molecule is CSc1c[n+](C)cs1. The smallest absolute Gasteiger partial charge is 0.197 e. The molecular weight excluding hydrogens is 138 g/mol. The first kappa shape index (κ1) is 6.11. The van der Waals surface area contributed by atoms with Gasteiger partial charge in [-0.05, 0) is 6.26 Å². The number of hydrogen-bond acceptors (Lipinski definition) is 2. The third kappa shape index (κ3) is 1.23. The molecule has 0 saturated carbocycles. The number of aromatic nitrogens is 1. The molecule has 0 radical (unpaired) electrons. The molecule has 44 valence electrons. The molecule has 0 saturated heterocycles. The second-order valence-electron chi connectivity index (χ2n) is 1.54. The summed E-state index contributed by atoms with van der Waals surface area (Å²) >= 11 is 3.56. The zero-order chi connectivity index (χ0) is 5.98. The fraction of sp³-hybridized carbons (Fsp3) is 0.400. The predicted octanol–water partition coefficient (Wildman–Crippen LogP) is 1.29. The molecule has 0 fully saturated rings. The van der Waals surface area contributed by atoms with Gasteiger partial charge in [0.1, 0.15) is 11.3 Å². The zero-order valence-corrected chi connectivity index (χ0v) is 6.55. The largest absolute Gasteiger partial charge is 0.225 e. The van der Waals surface area contributed by atoms with Gasteiger partial charge in [-0.25, -0.2) is 0 Å². The molecule has 1 rings (SSSR count). The van der Waals surface area contributed by atoms with Crippen molar-refractivity contribution in [2.24, 2.45) is 7.05 Å². The van der Waals surface area contributed by atoms with Gasteiger partial charge in [0.15, 0.2) is 6.20 Å². The molecular formula is C5H8NS2+. The molecule has 0 atom stereocenters. The van der Waals surface area contributed by atoms with Gasteiger partial charge in [-0.15, -0.1) is 11.8 Å². The molecule has 0 amide bonds. The fourth-order valence-corrected chi connectivity index (χ4v) is 1.81. The summed E-state index contributed by atoms with van der Waals surface area (Å²) < 4.78 is 3.43. The Kier molecular flexibility index (Phi) is 1.91. The van der Waals surface area contributed by atoms with Gasteiger partial charge in [0.25, 0.3) is 0 Å². The molecule has 1 aromatic heterocycles. The van der Waals surface area contributed by atoms with Gasteiger partial charge in [0, 0.05) is 0 Å². The van der Waals surface area contributed by atoms with E-state index >= 15 is 0 Å². The minimum absolute atomic E-state index is 1.37. The molecule has 0 bridgehead atoms. The number of rotatable bonds is 1. The van der Waals surface area contributed by atoms with Gasteiger partial charge in [0.05, 0.1) is 0 Å². The van der Waals surface area contributed by atoms with Crippen LogP contribution in [-0.4, -0.2) is 6.26 Å². The Morgan fingerprint density at radius 2 is 2.50 bits per heavy atom. The van der Waals surface area contributed by atoms with Crippen LogP contribution in [0.1, 0.15) is 0 Å². The van der Waals surface area contributed by atoms with Crippen molar-refractivity contribution in [1.82, 2.24) is 0 Å². The normalized spacial score (nSPS) is 9.75. The number of thioether (sulfide) groups is 1. The van der Waals surface area contributed by atoms with Crippen LogP contribution < -0.4 is 4.57 Å². The summed E-state index contributed by atoms with van der Waals surface area (Å²) in [6, 6.07) is 0. The maximum Gasteiger partial charge on any atom is 0.225 e. The molecule has 8 heavy (non-hydrogen) atoms. The van der Waals surface area contributed by atoms with Crippen LogP contribution in [0.5, 0.6) is 0 Å². The van der Waals surface area contributed by atoms with Crippen LogP contribution >= 0.6 is 23.1 Å². The third-order valence-electron chi connectivity index (χ3n) is 0.845. The first-order chi connectivity index (χ1) is 3.83. The minimum Gasteiger partial charge on any atom is -0.197 e. The lowest BCUT2D eigenvalue weighted by atomic mass is 10.9. The Morgan fingerprint density at radius 3 is 2.75 bits per heavy atom. The van der Waals surface area contributed by atoms with Gasteiger partial charge < -0.3 is 0 Å². The summed E-state index contributed by atoms with van der Waals surface area (Å²) in [4.78, 5) is 0. The van der Waals surface area contributed by atoms with Crippen molar-refractivity contribution in [1.29, 1.82) is 0 Å². The van der Waals surface area contributed by atoms with E-state index in [1.54, 1.807) is 23.1 Å². The Balaban J connectivity index is 2.84. The molecule has 3 heteroatoms. The van der Waals surface area contributed by atoms with Crippen LogP contribution in [0.2, 0.25) is 0 Å². The van der Waals surface area contributed by atoms with E-state index in [2.05, 4.69) is 22.5 Å². The summed E-state index contributed by atoms with van der Waals surface area (Å²) in [6.07, 6.45) is 4.21. The lowest BCUT2D eigenvalue weighted by Gasteiger charge is -1.74. The maximum atomic E-state index is 2.12. The Labute approximate surface area is 57.4 Å². The Morgan fingerprint density at radius 1 is 1.75 bits per heavy atom. The number of thiazole rings is 1. The first-order valence-electron chi connectivity index (χ1n) is 2.30. The van der Waals surface area contributed by atoms with Crippen LogP contribution in [-0.2, 0) is 7.05 Å². The standard InChI is InChI=1S/C5H8NS2/c1-6-3-5(7-2)8-4-6/h3-4H,1-2H3/q+1. The molecule has 0 aliphatic carbocycles. The molecule has 1 aromatic rings. The minimum atomic E-state index is 1.37. The van der Waals surface area contributed by atoms with Crippen molar-refractivity contribution in [3.05, 3.63) is 11.7 Å². The van der Waals surface area contributed by atoms with E-state index in [0.29, 0.717) is 0 Å². The summed E-state index contributed by atoms with van der Waals surface area (Å²) in [5.74, 6) is 0. The highest BCUT2D eigenvalue weighted by Gasteiger charge is 1.97. The zero-order valence-electron chi connectivity index (χ0n) is 4.92. The van der Waals surface area contributed by atoms with Crippen molar-refractivity contribution in [3.63, 3.8) is 0 Å². The maximum absolute atomic E-state index is 2.12. The molecule has 0 unspecified atom stereocenters.